The number of carbonyl (C=O) groups is 1. The number of para-hydroxylation sites is 2. The molecule has 3 rings (SSSR count). The number of aromatic nitrogens is 2. The molecule has 0 saturated heterocycles. The van der Waals surface area contributed by atoms with Crippen molar-refractivity contribution in [2.75, 3.05) is 19.4 Å². The molecule has 0 unspecified atom stereocenters. The molecule has 7 heteroatoms. The largest absolute Gasteiger partial charge is 0.496 e. The molecule has 1 amide bonds. The number of nitrogens with zero attached hydrogens (tertiary/aromatic N) is 2. The average Bonchev–Trinajstić information content (AvgIpc) is 2.72. The predicted molar refractivity (Wildman–Crippen MR) is 112 cm³/mol. The molecule has 28 heavy (non-hydrogen) atoms. The first-order chi connectivity index (χ1) is 13.6. The van der Waals surface area contributed by atoms with Gasteiger partial charge >= 0.3 is 0 Å². The van der Waals surface area contributed by atoms with Crippen LogP contribution in [0, 0.1) is 0 Å². The molecule has 0 atom stereocenters. The van der Waals surface area contributed by atoms with Crippen molar-refractivity contribution >= 4 is 28.6 Å². The van der Waals surface area contributed by atoms with Crippen LogP contribution in [0.3, 0.4) is 0 Å². The van der Waals surface area contributed by atoms with Gasteiger partial charge in [0.15, 0.2) is 5.16 Å². The third-order valence-electron chi connectivity index (χ3n) is 4.38. The minimum atomic E-state index is -0.0926. The van der Waals surface area contributed by atoms with Gasteiger partial charge in [-0.3, -0.25) is 14.2 Å². The van der Waals surface area contributed by atoms with Crippen molar-refractivity contribution in [2.45, 2.75) is 25.0 Å². The van der Waals surface area contributed by atoms with Gasteiger partial charge in [-0.25, -0.2) is 4.98 Å². The molecule has 0 radical (unpaired) electrons. The van der Waals surface area contributed by atoms with Gasteiger partial charge in [0.1, 0.15) is 5.75 Å². The molecule has 0 fully saturated rings. The van der Waals surface area contributed by atoms with Crippen LogP contribution in [0.5, 0.6) is 5.75 Å². The summed E-state index contributed by atoms with van der Waals surface area (Å²) in [4.78, 5) is 29.4. The molecule has 0 bridgehead atoms. The third kappa shape index (κ3) is 4.54. The van der Waals surface area contributed by atoms with Crippen molar-refractivity contribution in [1.29, 1.82) is 0 Å². The van der Waals surface area contributed by atoms with Crippen molar-refractivity contribution in [3.8, 4) is 5.75 Å². The molecule has 146 valence electrons. The van der Waals surface area contributed by atoms with Crippen molar-refractivity contribution in [2.24, 2.45) is 0 Å². The second kappa shape index (κ2) is 9.41. The van der Waals surface area contributed by atoms with Gasteiger partial charge in [-0.1, -0.05) is 42.1 Å². The molecule has 6 nitrogen and oxygen atoms in total. The normalized spacial score (nSPS) is 10.8. The van der Waals surface area contributed by atoms with Crippen molar-refractivity contribution in [3.05, 3.63) is 64.4 Å². The molecule has 1 aromatic heterocycles. The molecule has 3 aromatic rings. The number of carbonyl (C=O) groups excluding carboxylic acids is 1. The number of amides is 1. The van der Waals surface area contributed by atoms with Crippen LogP contribution in [-0.2, 0) is 17.8 Å². The van der Waals surface area contributed by atoms with Crippen LogP contribution < -0.4 is 15.6 Å². The van der Waals surface area contributed by atoms with E-state index < -0.39 is 0 Å². The fourth-order valence-corrected chi connectivity index (χ4v) is 3.86. The molecular formula is C21H23N3O3S. The number of fused-ring (bicyclic) bond motifs is 1. The van der Waals surface area contributed by atoms with Crippen LogP contribution in [0.2, 0.25) is 0 Å². The Morgan fingerprint density at radius 3 is 2.71 bits per heavy atom. The predicted octanol–water partition coefficient (Wildman–Crippen LogP) is 2.88. The van der Waals surface area contributed by atoms with E-state index in [2.05, 4.69) is 10.3 Å². The van der Waals surface area contributed by atoms with Crippen molar-refractivity contribution < 1.29 is 9.53 Å². The first-order valence-corrected chi connectivity index (χ1v) is 10.1. The maximum absolute atomic E-state index is 12.6. The van der Waals surface area contributed by atoms with Crippen LogP contribution in [0.4, 0.5) is 0 Å². The van der Waals surface area contributed by atoms with E-state index in [1.54, 1.807) is 17.7 Å². The Labute approximate surface area is 167 Å². The Kier molecular flexibility index (Phi) is 6.71. The first-order valence-electron chi connectivity index (χ1n) is 9.15. The van der Waals surface area contributed by atoms with Crippen LogP contribution >= 0.6 is 11.8 Å². The second-order valence-corrected chi connectivity index (χ2v) is 7.10. The van der Waals surface area contributed by atoms with Gasteiger partial charge in [0.2, 0.25) is 5.91 Å². The van der Waals surface area contributed by atoms with E-state index >= 15 is 0 Å². The van der Waals surface area contributed by atoms with Gasteiger partial charge in [-0.2, -0.15) is 0 Å². The minimum absolute atomic E-state index is 0.0767. The summed E-state index contributed by atoms with van der Waals surface area (Å²) < 4.78 is 6.93. The highest BCUT2D eigenvalue weighted by molar-refractivity contribution is 7.99. The van der Waals surface area contributed by atoms with Crippen LogP contribution in [0.1, 0.15) is 12.5 Å². The van der Waals surface area contributed by atoms with Crippen LogP contribution in [0.15, 0.2) is 58.5 Å². The smallest absolute Gasteiger partial charge is 0.262 e. The van der Waals surface area contributed by atoms with Crippen molar-refractivity contribution in [1.82, 2.24) is 14.9 Å². The standard InChI is InChI=1S/C21H23N3O3S/c1-3-24-20(26)16-9-5-6-10-17(16)23-21(24)28-14-19(25)22-13-12-15-8-4-7-11-18(15)27-2/h4-11H,3,12-14H2,1-2H3,(H,22,25). The molecule has 0 aliphatic heterocycles. The van der Waals surface area contributed by atoms with Crippen LogP contribution in [0.25, 0.3) is 10.9 Å². The number of ether oxygens (including phenoxy) is 1. The number of rotatable bonds is 8. The maximum atomic E-state index is 12.6. The Morgan fingerprint density at radius 2 is 1.93 bits per heavy atom. The summed E-state index contributed by atoms with van der Waals surface area (Å²) in [6.07, 6.45) is 0.689. The SMILES string of the molecule is CCn1c(SCC(=O)NCCc2ccccc2OC)nc2ccccc2c1=O. The number of thioether (sulfide) groups is 1. The monoisotopic (exact) mass is 397 g/mol. The number of methoxy groups -OCH3 is 1. The highest BCUT2D eigenvalue weighted by atomic mass is 32.2. The Morgan fingerprint density at radius 1 is 1.18 bits per heavy atom. The summed E-state index contributed by atoms with van der Waals surface area (Å²) >= 11 is 1.28. The zero-order valence-corrected chi connectivity index (χ0v) is 16.8. The molecule has 1 heterocycles. The van der Waals surface area contributed by atoms with E-state index in [0.29, 0.717) is 35.6 Å². The summed E-state index contributed by atoms with van der Waals surface area (Å²) in [5.41, 5.74) is 1.62. The molecule has 0 spiro atoms. The molecule has 0 aliphatic carbocycles. The zero-order chi connectivity index (χ0) is 19.9. The van der Waals surface area contributed by atoms with Gasteiger partial charge in [0, 0.05) is 13.1 Å². The number of benzene rings is 2. The van der Waals surface area contributed by atoms with E-state index in [4.69, 9.17) is 4.74 Å². The van der Waals surface area contributed by atoms with Gasteiger partial charge in [-0.15, -0.1) is 0 Å². The summed E-state index contributed by atoms with van der Waals surface area (Å²) in [5, 5.41) is 4.07. The Hall–Kier alpha value is -2.80. The Bertz CT molecular complexity index is 1030. The molecule has 1 N–H and O–H groups in total. The summed E-state index contributed by atoms with van der Waals surface area (Å²) in [5.74, 6) is 0.930. The van der Waals surface area contributed by atoms with Gasteiger partial charge < -0.3 is 10.1 Å². The molecule has 0 saturated carbocycles. The lowest BCUT2D eigenvalue weighted by molar-refractivity contribution is -0.118. The maximum Gasteiger partial charge on any atom is 0.262 e. The van der Waals surface area contributed by atoms with E-state index in [1.807, 2.05) is 49.4 Å². The summed E-state index contributed by atoms with van der Waals surface area (Å²) in [7, 11) is 1.64. The van der Waals surface area contributed by atoms with Gasteiger partial charge in [-0.05, 0) is 37.1 Å². The highest BCUT2D eigenvalue weighted by Crippen LogP contribution is 2.18. The lowest BCUT2D eigenvalue weighted by Gasteiger charge is -2.11. The fraction of sp³-hybridized carbons (Fsp3) is 0.286. The molecule has 2 aromatic carbocycles. The number of hydrogen-bond donors (Lipinski definition) is 1. The van der Waals surface area contributed by atoms with E-state index in [1.165, 1.54) is 11.8 Å². The average molecular weight is 398 g/mol. The van der Waals surface area contributed by atoms with E-state index in [-0.39, 0.29) is 17.2 Å². The number of hydrogen-bond acceptors (Lipinski definition) is 5. The van der Waals surface area contributed by atoms with Crippen LogP contribution in [-0.4, -0.2) is 34.9 Å². The summed E-state index contributed by atoms with van der Waals surface area (Å²) in [6.45, 7) is 2.93. The zero-order valence-electron chi connectivity index (χ0n) is 16.0. The molecule has 0 aliphatic rings. The minimum Gasteiger partial charge on any atom is -0.496 e. The quantitative estimate of drug-likeness (QED) is 0.467. The Balaban J connectivity index is 1.61. The van der Waals surface area contributed by atoms with Gasteiger partial charge in [0.05, 0.1) is 23.8 Å². The first kappa shape index (κ1) is 19.9. The second-order valence-electron chi connectivity index (χ2n) is 6.16. The fourth-order valence-electron chi connectivity index (χ4n) is 2.96. The van der Waals surface area contributed by atoms with E-state index in [9.17, 15) is 9.59 Å². The lowest BCUT2D eigenvalue weighted by atomic mass is 10.1. The topological polar surface area (TPSA) is 73.2 Å². The van der Waals surface area contributed by atoms with E-state index in [0.717, 1.165) is 11.3 Å². The highest BCUT2D eigenvalue weighted by Gasteiger charge is 2.12. The van der Waals surface area contributed by atoms with Gasteiger partial charge in [0.25, 0.3) is 5.56 Å². The molecular weight excluding hydrogens is 374 g/mol. The third-order valence-corrected chi connectivity index (χ3v) is 5.36. The number of nitrogens with one attached hydrogen (secondary N) is 1. The van der Waals surface area contributed by atoms with Crippen molar-refractivity contribution in [3.63, 3.8) is 0 Å². The lowest BCUT2D eigenvalue weighted by Crippen LogP contribution is -2.28. The summed E-state index contributed by atoms with van der Waals surface area (Å²) in [6, 6.07) is 15.0.